The van der Waals surface area contributed by atoms with Gasteiger partial charge in [0, 0.05) is 96.6 Å². The van der Waals surface area contributed by atoms with Crippen LogP contribution in [0.5, 0.6) is 11.5 Å². The van der Waals surface area contributed by atoms with Crippen LogP contribution >= 0.6 is 11.8 Å². The number of unbranched alkanes of at least 4 members (excludes halogenated alkanes) is 1. The lowest BCUT2D eigenvalue weighted by Gasteiger charge is -2.37. The van der Waals surface area contributed by atoms with Gasteiger partial charge in [0.1, 0.15) is 78.0 Å². The van der Waals surface area contributed by atoms with E-state index in [2.05, 4.69) is 52.8 Å². The van der Waals surface area contributed by atoms with Crippen molar-refractivity contribution in [1.82, 2.24) is 77.3 Å². The van der Waals surface area contributed by atoms with Crippen molar-refractivity contribution in [2.24, 2.45) is 17.6 Å². The molecule has 129 heavy (non-hydrogen) atoms. The number of carbonyl (C=O) groups excluding carboxylic acids is 15. The molecule has 0 aliphatic carbocycles. The van der Waals surface area contributed by atoms with Crippen molar-refractivity contribution in [3.63, 3.8) is 0 Å². The fourth-order valence-electron chi connectivity index (χ4n) is 14.9. The van der Waals surface area contributed by atoms with Gasteiger partial charge in [-0.05, 0) is 88.4 Å². The summed E-state index contributed by atoms with van der Waals surface area (Å²) in [6.07, 6.45) is 0.0924. The van der Waals surface area contributed by atoms with Gasteiger partial charge in [-0.2, -0.15) is 0 Å². The van der Waals surface area contributed by atoms with Crippen molar-refractivity contribution in [2.75, 3.05) is 66.4 Å². The number of aromatic amines is 1. The van der Waals surface area contributed by atoms with Crippen LogP contribution in [0.1, 0.15) is 100 Å². The summed E-state index contributed by atoms with van der Waals surface area (Å²) in [5.41, 5.74) is 9.11. The average molecular weight is 1800 g/mol. The molecule has 0 saturated carbocycles. The van der Waals surface area contributed by atoms with Gasteiger partial charge in [-0.15, -0.1) is 11.8 Å². The number of benzene rings is 6. The van der Waals surface area contributed by atoms with E-state index in [1.54, 1.807) is 149 Å². The van der Waals surface area contributed by atoms with E-state index >= 15 is 33.6 Å². The molecule has 1 aliphatic rings. The maximum Gasteiger partial charge on any atom is 0.305 e. The standard InChI is InChI=1S/C93H118N16O19S/c1-11-12-32-74-91(126)106(7)52-79(114)98-70(48-81(116)117)87(122)104-82(56(4)5)93(128)108(9)75(45-58-26-18-14-19-27-58)88(123)102-71(44-61-35-39-64(111)40-36-61)89(124)105(6)51-78(113)97-69(47-62-49-95-66-31-23-22-30-65(62)66)86(121)101-68(42-60-33-37-63(110)38-34-60)85(120)100-67(41-55(2)3)84(119)103-73(83(118)96-50-77(94)112)53-129-54-80(115)99-72(43-57-24-16-13-17-25-57)90(125)109(10)76(92(127)107(74)8)46-59-28-20-15-21-29-59/h13-31,33-40,49,55-56,67-76,82,95,110-111H,11-12,32,41-48,50-54H2,1-10H3,(H2,94,112)(H,96,118)(H,97,113)(H,98,114)(H,99,115)(H,100,120)(H,101,121)(H,102,123)(H,103,119)(H,104,122)(H,116,117)/t67-,68+,69-,70-,71-,72-,73-,74-,75-,76-,82-/m0/s1. The fourth-order valence-corrected chi connectivity index (χ4v) is 15.8. The average Bonchev–Trinajstić information content (AvgIpc) is 1.50. The van der Waals surface area contributed by atoms with Gasteiger partial charge in [0.25, 0.3) is 0 Å². The van der Waals surface area contributed by atoms with E-state index in [1.165, 1.54) is 93.6 Å². The molecule has 6 aromatic carbocycles. The summed E-state index contributed by atoms with van der Waals surface area (Å²) >= 11 is 0.829. The van der Waals surface area contributed by atoms with Gasteiger partial charge in [-0.3, -0.25) is 76.7 Å². The molecule has 0 unspecified atom stereocenters. The third kappa shape index (κ3) is 30.5. The highest BCUT2D eigenvalue weighted by Gasteiger charge is 2.42. The van der Waals surface area contributed by atoms with Crippen molar-refractivity contribution in [3.05, 3.63) is 203 Å². The van der Waals surface area contributed by atoms with E-state index in [9.17, 15) is 58.5 Å². The Bertz CT molecular complexity index is 5070. The molecule has 2 heterocycles. The van der Waals surface area contributed by atoms with Crippen LogP contribution in [-0.4, -0.2) is 272 Å². The normalized spacial score (nSPS) is 21.9. The molecule has 1 fully saturated rings. The molecule has 0 bridgehead atoms. The summed E-state index contributed by atoms with van der Waals surface area (Å²) in [6, 6.07) is 27.2. The minimum Gasteiger partial charge on any atom is -0.508 e. The lowest BCUT2D eigenvalue weighted by molar-refractivity contribution is -0.151. The van der Waals surface area contributed by atoms with Gasteiger partial charge in [-0.25, -0.2) is 0 Å². The number of fused-ring (bicyclic) bond motifs is 1. The second-order valence-electron chi connectivity index (χ2n) is 33.1. The molecule has 1 aromatic heterocycles. The molecule has 0 spiro atoms. The van der Waals surface area contributed by atoms with E-state index in [4.69, 9.17) is 5.73 Å². The number of phenols is 2. The number of amides is 15. The zero-order chi connectivity index (χ0) is 94.3. The van der Waals surface area contributed by atoms with Crippen molar-refractivity contribution in [2.45, 2.75) is 172 Å². The van der Waals surface area contributed by atoms with Crippen LogP contribution < -0.4 is 53.6 Å². The second-order valence-corrected chi connectivity index (χ2v) is 34.1. The molecule has 36 heteroatoms. The number of hydrogen-bond donors (Lipinski definition) is 14. The molecular formula is C93H118N16O19S. The number of aliphatic carboxylic acids is 1. The summed E-state index contributed by atoms with van der Waals surface area (Å²) in [7, 11) is 6.54. The number of phenolic OH excluding ortho intramolecular Hbond substituents is 2. The number of primary amides is 1. The third-order valence-electron chi connectivity index (χ3n) is 22.1. The Kier molecular flexibility index (Phi) is 38.2. The Balaban J connectivity index is 1.21. The number of aromatic nitrogens is 1. The first-order valence-electron chi connectivity index (χ1n) is 42.7. The van der Waals surface area contributed by atoms with Crippen LogP contribution in [0.4, 0.5) is 0 Å². The number of thioether (sulfide) groups is 1. The molecule has 11 atom stereocenters. The lowest BCUT2D eigenvalue weighted by Crippen LogP contribution is -2.61. The van der Waals surface area contributed by atoms with Crippen molar-refractivity contribution >= 4 is 117 Å². The summed E-state index contributed by atoms with van der Waals surface area (Å²) < 4.78 is 0. The minimum absolute atomic E-state index is 0.0299. The minimum atomic E-state index is -1.91. The highest BCUT2D eigenvalue weighted by molar-refractivity contribution is 8.00. The zero-order valence-electron chi connectivity index (χ0n) is 74.1. The van der Waals surface area contributed by atoms with E-state index in [0.29, 0.717) is 57.1 Å². The van der Waals surface area contributed by atoms with E-state index in [-0.39, 0.29) is 74.5 Å². The molecular weight excluding hydrogens is 1680 g/mol. The number of likely N-dealkylation sites (N-methyl/N-ethyl adjacent to an activating group) is 5. The van der Waals surface area contributed by atoms with Crippen LogP contribution in [0.2, 0.25) is 0 Å². The first-order valence-corrected chi connectivity index (χ1v) is 43.8. The van der Waals surface area contributed by atoms with Gasteiger partial charge in [0.2, 0.25) is 88.6 Å². The van der Waals surface area contributed by atoms with Crippen molar-refractivity contribution in [3.8, 4) is 11.5 Å². The van der Waals surface area contributed by atoms with E-state index in [1.807, 2.05) is 6.92 Å². The Morgan fingerprint density at radius 1 is 0.457 bits per heavy atom. The molecule has 15 amide bonds. The number of carboxylic acid groups (broad SMARTS) is 1. The number of nitrogens with two attached hydrogens (primary N) is 1. The monoisotopic (exact) mass is 1790 g/mol. The number of carboxylic acids is 1. The number of nitrogens with zero attached hydrogens (tertiary/aromatic N) is 5. The summed E-state index contributed by atoms with van der Waals surface area (Å²) in [5.74, 6) is -17.4. The molecule has 1 aliphatic heterocycles. The maximum absolute atomic E-state index is 15.5. The van der Waals surface area contributed by atoms with Gasteiger partial charge in [0.15, 0.2) is 0 Å². The number of hydrogen-bond acceptors (Lipinski definition) is 19. The summed E-state index contributed by atoms with van der Waals surface area (Å²) in [6.45, 7) is 6.17. The highest BCUT2D eigenvalue weighted by Crippen LogP contribution is 2.25. The quantitative estimate of drug-likeness (QED) is 0.0437. The van der Waals surface area contributed by atoms with E-state index in [0.717, 1.165) is 26.5 Å². The second kappa shape index (κ2) is 48.9. The number of nitrogens with one attached hydrogen (secondary N) is 10. The third-order valence-corrected chi connectivity index (χ3v) is 23.1. The Hall–Kier alpha value is -13.7. The van der Waals surface area contributed by atoms with Gasteiger partial charge < -0.3 is 98.4 Å². The zero-order valence-corrected chi connectivity index (χ0v) is 74.9. The largest absolute Gasteiger partial charge is 0.508 e. The smallest absolute Gasteiger partial charge is 0.305 e. The molecule has 7 aromatic rings. The number of H-pyrrole nitrogens is 1. The predicted molar refractivity (Wildman–Crippen MR) is 482 cm³/mol. The SMILES string of the molecule is CCCC[C@H]1C(=O)N(C)CC(=O)N[C@@H](CC(=O)O)C(=O)N[C@@H](C(C)C)C(=O)N(C)[C@@H](Cc2ccccc2)C(=O)N[C@@H](Cc2ccc(O)cc2)C(=O)N(C)CC(=O)N[C@@H](Cc2c[nH]c3ccccc23)C(=O)N[C@H](Cc2ccc(O)cc2)C(=O)N[C@@H](CC(C)C)C(=O)N[C@H](C(=O)NCC(N)=O)CSCC(=O)N[C@@H](Cc2ccccc2)C(=O)N(C)[C@@H](Cc2ccccc2)C(=O)N1C. The molecule has 8 rings (SSSR count). The lowest BCUT2D eigenvalue weighted by atomic mass is 9.98. The van der Waals surface area contributed by atoms with Crippen LogP contribution in [0, 0.1) is 11.8 Å². The Labute approximate surface area is 753 Å². The predicted octanol–water partition coefficient (Wildman–Crippen LogP) is 2.33. The number of carbonyl (C=O) groups is 16. The van der Waals surface area contributed by atoms with Crippen LogP contribution in [-0.2, 0) is 115 Å². The Morgan fingerprint density at radius 3 is 1.43 bits per heavy atom. The topological polar surface area (TPSA) is 500 Å². The van der Waals surface area contributed by atoms with Gasteiger partial charge in [0.05, 0.1) is 31.8 Å². The summed E-state index contributed by atoms with van der Waals surface area (Å²) in [4.78, 5) is 243. The molecule has 35 nitrogen and oxygen atoms in total. The van der Waals surface area contributed by atoms with Crippen LogP contribution in [0.3, 0.4) is 0 Å². The van der Waals surface area contributed by atoms with Gasteiger partial charge in [-0.1, -0.05) is 181 Å². The molecule has 1 saturated heterocycles. The number of rotatable bonds is 23. The van der Waals surface area contributed by atoms with Crippen molar-refractivity contribution in [1.29, 1.82) is 0 Å². The number of aromatic hydroxyl groups is 2. The van der Waals surface area contributed by atoms with Crippen LogP contribution in [0.25, 0.3) is 10.9 Å². The maximum atomic E-state index is 15.5. The van der Waals surface area contributed by atoms with Crippen LogP contribution in [0.15, 0.2) is 170 Å². The first kappa shape index (κ1) is 101. The first-order chi connectivity index (χ1) is 61.4. The van der Waals surface area contributed by atoms with E-state index < -0.39 is 199 Å². The molecule has 690 valence electrons. The van der Waals surface area contributed by atoms with Gasteiger partial charge >= 0.3 is 5.97 Å². The molecule has 15 N–H and O–H groups in total. The summed E-state index contributed by atoms with van der Waals surface area (Å²) in [5, 5.41) is 55.6. The fraction of sp³-hybridized carbons (Fsp3) is 0.419. The number of para-hydroxylation sites is 1. The Morgan fingerprint density at radius 2 is 0.899 bits per heavy atom. The highest BCUT2D eigenvalue weighted by atomic mass is 32.2. The molecule has 0 radical (unpaired) electrons. The van der Waals surface area contributed by atoms with Crippen molar-refractivity contribution < 1.29 is 92.0 Å².